The van der Waals surface area contributed by atoms with Gasteiger partial charge >= 0.3 is 0 Å². The lowest BCUT2D eigenvalue weighted by Crippen LogP contribution is -1.85. The van der Waals surface area contributed by atoms with Crippen LogP contribution in [0.5, 0.6) is 0 Å². The van der Waals surface area contributed by atoms with Gasteiger partial charge in [-0.2, -0.15) is 0 Å². The van der Waals surface area contributed by atoms with Gasteiger partial charge in [-0.1, -0.05) is 22.9 Å². The van der Waals surface area contributed by atoms with E-state index in [1.807, 2.05) is 0 Å². The predicted octanol–water partition coefficient (Wildman–Crippen LogP) is 5.27. The van der Waals surface area contributed by atoms with E-state index < -0.39 is 4.92 Å². The number of halogens is 1. The van der Waals surface area contributed by atoms with Crippen LogP contribution in [0.3, 0.4) is 0 Å². The maximum atomic E-state index is 10.7. The second-order valence-electron chi connectivity index (χ2n) is 4.08. The van der Waals surface area contributed by atoms with E-state index in [1.54, 1.807) is 30.3 Å². The van der Waals surface area contributed by atoms with Crippen molar-refractivity contribution in [2.75, 3.05) is 0 Å². The summed E-state index contributed by atoms with van der Waals surface area (Å²) in [6, 6.07) is 11.4. The molecule has 1 aromatic heterocycles. The van der Waals surface area contributed by atoms with Crippen molar-refractivity contribution in [3.05, 3.63) is 57.6 Å². The van der Waals surface area contributed by atoms with Crippen molar-refractivity contribution in [1.29, 1.82) is 0 Å². The van der Waals surface area contributed by atoms with E-state index in [0.29, 0.717) is 26.1 Å². The molecule has 1 heterocycles. The number of thiazole rings is 1. The number of azo groups is 1. The van der Waals surface area contributed by atoms with Crippen molar-refractivity contribution in [3.8, 4) is 0 Å². The van der Waals surface area contributed by atoms with Gasteiger partial charge in [0.05, 0.1) is 20.8 Å². The molecule has 0 fully saturated rings. The molecule has 0 N–H and O–H groups in total. The minimum absolute atomic E-state index is 0.0346. The summed E-state index contributed by atoms with van der Waals surface area (Å²) in [6.07, 6.45) is 0. The fraction of sp³-hybridized carbons (Fsp3) is 0. The third-order valence-electron chi connectivity index (χ3n) is 2.65. The normalized spacial score (nSPS) is 11.3. The van der Waals surface area contributed by atoms with Gasteiger partial charge in [-0.25, -0.2) is 4.98 Å². The number of hydrogen-bond donors (Lipinski definition) is 0. The first-order chi connectivity index (χ1) is 10.1. The van der Waals surface area contributed by atoms with E-state index in [1.165, 1.54) is 23.5 Å². The monoisotopic (exact) mass is 318 g/mol. The Hall–Kier alpha value is -2.38. The summed E-state index contributed by atoms with van der Waals surface area (Å²) in [5.41, 5.74) is 1.35. The maximum Gasteiger partial charge on any atom is 0.270 e. The molecule has 8 heteroatoms. The fourth-order valence-electron chi connectivity index (χ4n) is 1.67. The zero-order valence-electron chi connectivity index (χ0n) is 10.4. The highest BCUT2D eigenvalue weighted by Crippen LogP contribution is 2.31. The van der Waals surface area contributed by atoms with E-state index >= 15 is 0 Å². The molecule has 0 aliphatic rings. The number of nitro benzene ring substituents is 1. The molecule has 0 bridgehead atoms. The number of fused-ring (bicyclic) bond motifs is 1. The van der Waals surface area contributed by atoms with Crippen LogP contribution in [0.2, 0.25) is 5.02 Å². The third-order valence-corrected chi connectivity index (χ3v) is 3.80. The van der Waals surface area contributed by atoms with Gasteiger partial charge in [-0.15, -0.1) is 10.2 Å². The number of nitro groups is 1. The van der Waals surface area contributed by atoms with Crippen LogP contribution in [0.4, 0.5) is 16.5 Å². The molecule has 6 nitrogen and oxygen atoms in total. The molecule has 2 aromatic carbocycles. The Balaban J connectivity index is 1.90. The van der Waals surface area contributed by atoms with E-state index in [2.05, 4.69) is 15.2 Å². The Morgan fingerprint density at radius 1 is 1.14 bits per heavy atom. The van der Waals surface area contributed by atoms with Gasteiger partial charge in [0.2, 0.25) is 5.13 Å². The second kappa shape index (κ2) is 5.55. The molecule has 0 aliphatic carbocycles. The predicted molar refractivity (Wildman–Crippen MR) is 81.9 cm³/mol. The summed E-state index contributed by atoms with van der Waals surface area (Å²) in [4.78, 5) is 14.5. The zero-order chi connectivity index (χ0) is 14.8. The van der Waals surface area contributed by atoms with Crippen LogP contribution in [0.15, 0.2) is 52.7 Å². The molecular formula is C13H7ClN4O2S. The quantitative estimate of drug-likeness (QED) is 0.374. The van der Waals surface area contributed by atoms with Gasteiger partial charge in [0.25, 0.3) is 5.69 Å². The Morgan fingerprint density at radius 2 is 1.90 bits per heavy atom. The van der Waals surface area contributed by atoms with Crippen LogP contribution >= 0.6 is 22.9 Å². The number of rotatable bonds is 3. The summed E-state index contributed by atoms with van der Waals surface area (Å²) in [6.45, 7) is 0. The second-order valence-corrected chi connectivity index (χ2v) is 5.53. The van der Waals surface area contributed by atoms with Gasteiger partial charge in [0.15, 0.2) is 0 Å². The lowest BCUT2D eigenvalue weighted by Gasteiger charge is -1.90. The fourth-order valence-corrected chi connectivity index (χ4v) is 2.61. The summed E-state index contributed by atoms with van der Waals surface area (Å²) >= 11 is 7.03. The van der Waals surface area contributed by atoms with Crippen LogP contribution in [0, 0.1) is 10.1 Å². The van der Waals surface area contributed by atoms with Crippen molar-refractivity contribution < 1.29 is 4.92 Å². The SMILES string of the molecule is O=[N+]([O-])c1ccc2nc(N=Nc3ccc(Cl)cc3)sc2c1. The van der Waals surface area contributed by atoms with Crippen LogP contribution < -0.4 is 0 Å². The van der Waals surface area contributed by atoms with Gasteiger partial charge < -0.3 is 0 Å². The minimum atomic E-state index is -0.436. The number of hydrogen-bond acceptors (Lipinski definition) is 6. The number of aromatic nitrogens is 1. The Kier molecular flexibility index (Phi) is 3.59. The maximum absolute atomic E-state index is 10.7. The van der Waals surface area contributed by atoms with Crippen LogP contribution in [-0.2, 0) is 0 Å². The van der Waals surface area contributed by atoms with Gasteiger partial charge in [0.1, 0.15) is 0 Å². The Morgan fingerprint density at radius 3 is 2.62 bits per heavy atom. The summed E-state index contributed by atoms with van der Waals surface area (Å²) < 4.78 is 0.703. The average molecular weight is 319 g/mol. The molecule has 0 spiro atoms. The van der Waals surface area contributed by atoms with Gasteiger partial charge in [-0.3, -0.25) is 10.1 Å². The minimum Gasteiger partial charge on any atom is -0.258 e. The van der Waals surface area contributed by atoms with E-state index in [9.17, 15) is 10.1 Å². The highest BCUT2D eigenvalue weighted by molar-refractivity contribution is 7.21. The van der Waals surface area contributed by atoms with E-state index in [-0.39, 0.29) is 5.69 Å². The van der Waals surface area contributed by atoms with Gasteiger partial charge in [0, 0.05) is 17.2 Å². The number of non-ortho nitro benzene ring substituents is 1. The third kappa shape index (κ3) is 3.04. The first-order valence-corrected chi connectivity index (χ1v) is 7.03. The topological polar surface area (TPSA) is 80.8 Å². The first kappa shape index (κ1) is 13.6. The van der Waals surface area contributed by atoms with Crippen molar-refractivity contribution in [3.63, 3.8) is 0 Å². The molecular weight excluding hydrogens is 312 g/mol. The zero-order valence-corrected chi connectivity index (χ0v) is 12.0. The standard InChI is InChI=1S/C13H7ClN4O2S/c14-8-1-3-9(4-2-8)16-17-13-15-11-6-5-10(18(19)20)7-12(11)21-13/h1-7H. The van der Waals surface area contributed by atoms with Gasteiger partial charge in [-0.05, 0) is 30.3 Å². The average Bonchev–Trinajstić information content (AvgIpc) is 2.88. The molecule has 21 heavy (non-hydrogen) atoms. The highest BCUT2D eigenvalue weighted by Gasteiger charge is 2.09. The first-order valence-electron chi connectivity index (χ1n) is 5.84. The lowest BCUT2D eigenvalue weighted by atomic mass is 10.3. The Labute approximate surface area is 127 Å². The van der Waals surface area contributed by atoms with Crippen molar-refractivity contribution in [1.82, 2.24) is 4.98 Å². The van der Waals surface area contributed by atoms with E-state index in [0.717, 1.165) is 0 Å². The largest absolute Gasteiger partial charge is 0.270 e. The summed E-state index contributed by atoms with van der Waals surface area (Å²) in [5, 5.41) is 19.9. The van der Waals surface area contributed by atoms with Crippen LogP contribution in [-0.4, -0.2) is 9.91 Å². The lowest BCUT2D eigenvalue weighted by molar-refractivity contribution is -0.384. The van der Waals surface area contributed by atoms with Crippen molar-refractivity contribution in [2.24, 2.45) is 10.2 Å². The number of benzene rings is 2. The molecule has 0 atom stereocenters. The molecule has 0 amide bonds. The van der Waals surface area contributed by atoms with Crippen LogP contribution in [0.25, 0.3) is 10.2 Å². The smallest absolute Gasteiger partial charge is 0.258 e. The van der Waals surface area contributed by atoms with Crippen molar-refractivity contribution >= 4 is 49.7 Å². The molecule has 0 saturated carbocycles. The molecule has 3 aromatic rings. The molecule has 3 rings (SSSR count). The molecule has 104 valence electrons. The molecule has 0 saturated heterocycles. The molecule has 0 unspecified atom stereocenters. The van der Waals surface area contributed by atoms with Crippen molar-refractivity contribution in [2.45, 2.75) is 0 Å². The summed E-state index contributed by atoms with van der Waals surface area (Å²) in [7, 11) is 0. The van der Waals surface area contributed by atoms with Crippen LogP contribution in [0.1, 0.15) is 0 Å². The molecule has 0 aliphatic heterocycles. The molecule has 0 radical (unpaired) electrons. The highest BCUT2D eigenvalue weighted by atomic mass is 35.5. The Bertz CT molecular complexity index is 845. The summed E-state index contributed by atoms with van der Waals surface area (Å²) in [5.74, 6) is 0. The van der Waals surface area contributed by atoms with E-state index in [4.69, 9.17) is 11.6 Å². The number of nitrogens with zero attached hydrogens (tertiary/aromatic N) is 4.